The quantitative estimate of drug-likeness (QED) is 0.653. The molecule has 0 radical (unpaired) electrons. The Bertz CT molecular complexity index is 296. The van der Waals surface area contributed by atoms with Gasteiger partial charge in [0.15, 0.2) is 0 Å². The summed E-state index contributed by atoms with van der Waals surface area (Å²) in [7, 11) is 1.40. The molecule has 0 aromatic carbocycles. The Morgan fingerprint density at radius 2 is 2.20 bits per heavy atom. The number of nitrogens with one attached hydrogen (secondary N) is 1. The van der Waals surface area contributed by atoms with Gasteiger partial charge >= 0.3 is 5.97 Å². The second-order valence-corrected chi connectivity index (χ2v) is 5.06. The van der Waals surface area contributed by atoms with E-state index in [0.717, 1.165) is 13.0 Å². The third kappa shape index (κ3) is 1.17. The molecule has 1 saturated heterocycles. The van der Waals surface area contributed by atoms with Crippen LogP contribution in [-0.2, 0) is 9.53 Å². The summed E-state index contributed by atoms with van der Waals surface area (Å²) in [6, 6.07) is -0.256. The maximum absolute atomic E-state index is 13.6. The number of methoxy groups -OCH3 is 1. The molecule has 2 aliphatic carbocycles. The number of hydrogen-bond acceptors (Lipinski definition) is 3. The lowest BCUT2D eigenvalue weighted by Gasteiger charge is -2.28. The predicted molar refractivity (Wildman–Crippen MR) is 51.9 cm³/mol. The van der Waals surface area contributed by atoms with Crippen LogP contribution in [-0.4, -0.2) is 31.8 Å². The van der Waals surface area contributed by atoms with Crippen LogP contribution in [0, 0.1) is 23.7 Å². The molecule has 6 atom stereocenters. The van der Waals surface area contributed by atoms with Crippen molar-refractivity contribution in [2.45, 2.75) is 25.1 Å². The van der Waals surface area contributed by atoms with Gasteiger partial charge in [-0.15, -0.1) is 0 Å². The summed E-state index contributed by atoms with van der Waals surface area (Å²) in [5.74, 6) is 1.07. The summed E-state index contributed by atoms with van der Waals surface area (Å²) >= 11 is 0. The molecule has 3 fully saturated rings. The van der Waals surface area contributed by atoms with Crippen molar-refractivity contribution in [3.8, 4) is 0 Å². The van der Waals surface area contributed by atoms with Crippen LogP contribution in [0.4, 0.5) is 4.39 Å². The van der Waals surface area contributed by atoms with E-state index in [4.69, 9.17) is 4.74 Å². The van der Waals surface area contributed by atoms with Crippen molar-refractivity contribution in [2.75, 3.05) is 13.7 Å². The average molecular weight is 213 g/mol. The number of halogens is 1. The highest BCUT2D eigenvalue weighted by molar-refractivity contribution is 5.76. The maximum atomic E-state index is 13.6. The topological polar surface area (TPSA) is 38.3 Å². The third-order valence-electron chi connectivity index (χ3n) is 4.58. The highest BCUT2D eigenvalue weighted by Gasteiger charge is 2.59. The molecular weight excluding hydrogens is 197 g/mol. The molecule has 0 aromatic heterocycles. The van der Waals surface area contributed by atoms with Crippen molar-refractivity contribution in [3.05, 3.63) is 0 Å². The fourth-order valence-electron chi connectivity index (χ4n) is 4.00. The van der Waals surface area contributed by atoms with E-state index in [1.54, 1.807) is 0 Å². The predicted octanol–water partition coefficient (Wildman–Crippen LogP) is 0.741. The van der Waals surface area contributed by atoms with Crippen LogP contribution in [0.15, 0.2) is 0 Å². The molecule has 15 heavy (non-hydrogen) atoms. The van der Waals surface area contributed by atoms with Gasteiger partial charge in [-0.3, -0.25) is 4.79 Å². The smallest absolute Gasteiger partial charge is 0.323 e. The molecule has 0 unspecified atom stereocenters. The monoisotopic (exact) mass is 213 g/mol. The van der Waals surface area contributed by atoms with Gasteiger partial charge in [0.25, 0.3) is 0 Å². The van der Waals surface area contributed by atoms with Gasteiger partial charge in [0, 0.05) is 0 Å². The lowest BCUT2D eigenvalue weighted by atomic mass is 9.77. The molecular formula is C11H16FNO2. The number of carbonyl (C=O) groups excluding carboxylic acids is 1. The number of hydrogen-bond donors (Lipinski definition) is 1. The fourth-order valence-corrected chi connectivity index (χ4v) is 4.00. The molecule has 2 bridgehead atoms. The van der Waals surface area contributed by atoms with Gasteiger partial charge in [0.2, 0.25) is 0 Å². The van der Waals surface area contributed by atoms with E-state index in [2.05, 4.69) is 5.32 Å². The van der Waals surface area contributed by atoms with Gasteiger partial charge < -0.3 is 10.1 Å². The van der Waals surface area contributed by atoms with Crippen LogP contribution >= 0.6 is 0 Å². The lowest BCUT2D eigenvalue weighted by molar-refractivity contribution is -0.144. The van der Waals surface area contributed by atoms with Crippen LogP contribution in [0.2, 0.25) is 0 Å². The molecule has 1 aliphatic heterocycles. The molecule has 0 aromatic rings. The summed E-state index contributed by atoms with van der Waals surface area (Å²) in [4.78, 5) is 11.5. The van der Waals surface area contributed by atoms with Crippen molar-refractivity contribution < 1.29 is 13.9 Å². The largest absolute Gasteiger partial charge is 0.468 e. The van der Waals surface area contributed by atoms with E-state index in [9.17, 15) is 9.18 Å². The van der Waals surface area contributed by atoms with Crippen LogP contribution in [0.25, 0.3) is 0 Å². The Morgan fingerprint density at radius 3 is 2.93 bits per heavy atom. The summed E-state index contributed by atoms with van der Waals surface area (Å²) in [6.45, 7) is 0.859. The number of esters is 1. The van der Waals surface area contributed by atoms with Crippen molar-refractivity contribution in [3.63, 3.8) is 0 Å². The number of fused-ring (bicyclic) bond motifs is 5. The molecule has 1 heterocycles. The zero-order chi connectivity index (χ0) is 10.6. The zero-order valence-electron chi connectivity index (χ0n) is 8.78. The Balaban J connectivity index is 1.83. The molecule has 1 N–H and O–H groups in total. The number of alkyl halides is 1. The van der Waals surface area contributed by atoms with Gasteiger partial charge in [-0.2, -0.15) is 0 Å². The van der Waals surface area contributed by atoms with Crippen LogP contribution in [0.1, 0.15) is 12.8 Å². The van der Waals surface area contributed by atoms with Gasteiger partial charge in [-0.05, 0) is 43.1 Å². The molecule has 0 amide bonds. The second kappa shape index (κ2) is 3.17. The van der Waals surface area contributed by atoms with Gasteiger partial charge in [0.05, 0.1) is 7.11 Å². The van der Waals surface area contributed by atoms with Crippen molar-refractivity contribution in [2.24, 2.45) is 23.7 Å². The summed E-state index contributed by atoms with van der Waals surface area (Å²) in [5.41, 5.74) is 0. The van der Waals surface area contributed by atoms with Crippen molar-refractivity contribution in [1.29, 1.82) is 0 Å². The first-order chi connectivity index (χ1) is 7.22. The minimum absolute atomic E-state index is 0.0964. The van der Waals surface area contributed by atoms with Gasteiger partial charge in [0.1, 0.15) is 12.2 Å². The molecule has 0 spiro atoms. The van der Waals surface area contributed by atoms with Crippen LogP contribution in [0.5, 0.6) is 0 Å². The van der Waals surface area contributed by atoms with Gasteiger partial charge in [-0.25, -0.2) is 4.39 Å². The normalized spacial score (nSPS) is 51.9. The molecule has 84 valence electrons. The lowest BCUT2D eigenvalue weighted by Crippen LogP contribution is -2.41. The summed E-state index contributed by atoms with van der Waals surface area (Å²) < 4.78 is 18.4. The molecule has 4 heteroatoms. The highest BCUT2D eigenvalue weighted by Crippen LogP contribution is 2.56. The molecule has 3 rings (SSSR count). The summed E-state index contributed by atoms with van der Waals surface area (Å²) in [6.07, 6.45) is 0.996. The third-order valence-corrected chi connectivity index (χ3v) is 4.58. The average Bonchev–Trinajstić information content (AvgIpc) is 2.85. The SMILES string of the molecule is COC(=O)[C@H]1NC[C@@H]2[C@H]3C[C@@H]([C@@H]21)[C@H](F)C3. The van der Waals surface area contributed by atoms with E-state index in [1.165, 1.54) is 7.11 Å². The highest BCUT2D eigenvalue weighted by atomic mass is 19.1. The second-order valence-electron chi connectivity index (χ2n) is 5.06. The number of ether oxygens (including phenoxy) is 1. The molecule has 2 saturated carbocycles. The minimum atomic E-state index is -0.691. The Hall–Kier alpha value is -0.640. The fraction of sp³-hybridized carbons (Fsp3) is 0.909. The zero-order valence-corrected chi connectivity index (χ0v) is 8.78. The molecule has 3 nitrogen and oxygen atoms in total. The van der Waals surface area contributed by atoms with Gasteiger partial charge in [-0.1, -0.05) is 0 Å². The summed E-state index contributed by atoms with van der Waals surface area (Å²) in [5, 5.41) is 3.19. The first-order valence-corrected chi connectivity index (χ1v) is 5.67. The van der Waals surface area contributed by atoms with E-state index >= 15 is 0 Å². The Kier molecular flexibility index (Phi) is 2.03. The minimum Gasteiger partial charge on any atom is -0.468 e. The van der Waals surface area contributed by atoms with E-state index in [0.29, 0.717) is 18.3 Å². The van der Waals surface area contributed by atoms with Crippen LogP contribution in [0.3, 0.4) is 0 Å². The standard InChI is InChI=1S/C11H16FNO2/c1-15-11(14)10-9-6-2-5(3-8(6)12)7(9)4-13-10/h5-10,13H,2-4H2,1H3/t5-,6+,7+,8+,9-,10-/m0/s1. The van der Waals surface area contributed by atoms with Crippen molar-refractivity contribution >= 4 is 5.97 Å². The number of carbonyl (C=O) groups is 1. The Labute approximate surface area is 88.4 Å². The molecule has 3 aliphatic rings. The van der Waals surface area contributed by atoms with E-state index in [1.807, 2.05) is 0 Å². The first-order valence-electron chi connectivity index (χ1n) is 5.67. The van der Waals surface area contributed by atoms with Crippen molar-refractivity contribution in [1.82, 2.24) is 5.32 Å². The van der Waals surface area contributed by atoms with E-state index in [-0.39, 0.29) is 23.8 Å². The first kappa shape index (κ1) is 9.58. The number of rotatable bonds is 1. The van der Waals surface area contributed by atoms with E-state index < -0.39 is 6.17 Å². The Morgan fingerprint density at radius 1 is 1.40 bits per heavy atom. The maximum Gasteiger partial charge on any atom is 0.323 e. The van der Waals surface area contributed by atoms with Crippen LogP contribution < -0.4 is 5.32 Å².